The highest BCUT2D eigenvalue weighted by molar-refractivity contribution is 7.89. The summed E-state index contributed by atoms with van der Waals surface area (Å²) in [6.07, 6.45) is -1.54. The van der Waals surface area contributed by atoms with E-state index in [0.29, 0.717) is 17.9 Å². The third-order valence-electron chi connectivity index (χ3n) is 3.77. The van der Waals surface area contributed by atoms with Crippen LogP contribution >= 0.6 is 0 Å². The fourth-order valence-corrected chi connectivity index (χ4v) is 2.75. The van der Waals surface area contributed by atoms with Gasteiger partial charge in [0, 0.05) is 5.69 Å². The van der Waals surface area contributed by atoms with Gasteiger partial charge in [-0.2, -0.15) is 0 Å². The Morgan fingerprint density at radius 2 is 1.68 bits per heavy atom. The van der Waals surface area contributed by atoms with Gasteiger partial charge in [0.05, 0.1) is 4.90 Å². The number of hydrogen-bond donors (Lipinski definition) is 2. The minimum atomic E-state index is -3.81. The van der Waals surface area contributed by atoms with E-state index in [9.17, 15) is 18.0 Å². The van der Waals surface area contributed by atoms with Crippen LogP contribution in [0.15, 0.2) is 59.5 Å². The number of amides is 1. The number of nitrogens with one attached hydrogen (secondary N) is 1. The van der Waals surface area contributed by atoms with Crippen molar-refractivity contribution in [1.29, 1.82) is 0 Å². The van der Waals surface area contributed by atoms with E-state index in [4.69, 9.17) is 14.6 Å². The molecule has 0 heterocycles. The molecule has 2 aromatic carbocycles. The molecule has 8 nitrogen and oxygen atoms in total. The summed E-state index contributed by atoms with van der Waals surface area (Å²) >= 11 is 0. The number of nitrogens with two attached hydrogens (primary N) is 1. The van der Waals surface area contributed by atoms with Crippen molar-refractivity contribution in [3.63, 3.8) is 0 Å². The predicted octanol–water partition coefficient (Wildman–Crippen LogP) is 2.06. The predicted molar refractivity (Wildman–Crippen MR) is 103 cm³/mol. The molecule has 9 heteroatoms. The minimum absolute atomic E-state index is 0.0752. The van der Waals surface area contributed by atoms with Gasteiger partial charge in [-0.15, -0.1) is 0 Å². The van der Waals surface area contributed by atoms with Crippen LogP contribution in [0.5, 0.6) is 5.75 Å². The van der Waals surface area contributed by atoms with Crippen LogP contribution in [0.2, 0.25) is 0 Å². The van der Waals surface area contributed by atoms with Gasteiger partial charge >= 0.3 is 5.97 Å². The number of carbonyl (C=O) groups is 2. The molecular formula is C19H22N2O6S. The van der Waals surface area contributed by atoms with Crippen molar-refractivity contribution in [3.8, 4) is 5.75 Å². The van der Waals surface area contributed by atoms with E-state index in [2.05, 4.69) is 5.32 Å². The Bertz CT molecular complexity index is 913. The lowest BCUT2D eigenvalue weighted by molar-refractivity contribution is -0.160. The Morgan fingerprint density at radius 3 is 2.21 bits per heavy atom. The summed E-state index contributed by atoms with van der Waals surface area (Å²) in [6.45, 7) is 3.20. The highest BCUT2D eigenvalue weighted by Gasteiger charge is 2.25. The van der Waals surface area contributed by atoms with Gasteiger partial charge in [-0.25, -0.2) is 18.4 Å². The first-order chi connectivity index (χ1) is 13.2. The molecule has 0 unspecified atom stereocenters. The van der Waals surface area contributed by atoms with E-state index in [1.54, 1.807) is 31.2 Å². The van der Waals surface area contributed by atoms with Crippen molar-refractivity contribution < 1.29 is 27.5 Å². The smallest absolute Gasteiger partial charge is 0.348 e. The van der Waals surface area contributed by atoms with Crippen molar-refractivity contribution in [3.05, 3.63) is 54.6 Å². The summed E-state index contributed by atoms with van der Waals surface area (Å²) in [6, 6.07) is 14.1. The highest BCUT2D eigenvalue weighted by Crippen LogP contribution is 2.15. The number of para-hydroxylation sites is 1. The molecule has 0 aliphatic carbocycles. The SMILES string of the molecule is CC[C@@H](Oc1ccccc1)C(=O)O[C@H](C)C(=O)Nc1ccc(S(N)(=O)=O)cc1. The second-order valence-electron chi connectivity index (χ2n) is 5.97. The molecule has 150 valence electrons. The summed E-state index contributed by atoms with van der Waals surface area (Å²) < 4.78 is 33.3. The lowest BCUT2D eigenvalue weighted by Gasteiger charge is -2.19. The van der Waals surface area contributed by atoms with Crippen molar-refractivity contribution in [2.45, 2.75) is 37.4 Å². The summed E-state index contributed by atoms with van der Waals surface area (Å²) in [5, 5.41) is 7.56. The second-order valence-corrected chi connectivity index (χ2v) is 7.53. The van der Waals surface area contributed by atoms with Crippen LogP contribution in [0.25, 0.3) is 0 Å². The monoisotopic (exact) mass is 406 g/mol. The normalized spacial score (nSPS) is 13.2. The molecule has 3 N–H and O–H groups in total. The average molecular weight is 406 g/mol. The Labute approximate surface area is 163 Å². The number of anilines is 1. The van der Waals surface area contributed by atoms with Crippen LogP contribution in [-0.4, -0.2) is 32.5 Å². The maximum atomic E-state index is 12.3. The van der Waals surface area contributed by atoms with Crippen molar-refractivity contribution in [1.82, 2.24) is 0 Å². The zero-order chi connectivity index (χ0) is 20.7. The Balaban J connectivity index is 1.94. The maximum Gasteiger partial charge on any atom is 0.348 e. The second kappa shape index (κ2) is 9.34. The van der Waals surface area contributed by atoms with Crippen molar-refractivity contribution in [2.24, 2.45) is 5.14 Å². The molecule has 0 fully saturated rings. The van der Waals surface area contributed by atoms with Gasteiger partial charge in [0.15, 0.2) is 12.2 Å². The van der Waals surface area contributed by atoms with E-state index >= 15 is 0 Å². The number of benzene rings is 2. The molecule has 0 aliphatic heterocycles. The van der Waals surface area contributed by atoms with Gasteiger partial charge in [0.1, 0.15) is 5.75 Å². The third kappa shape index (κ3) is 6.07. The van der Waals surface area contributed by atoms with Gasteiger partial charge in [0.25, 0.3) is 5.91 Å². The largest absolute Gasteiger partial charge is 0.479 e. The zero-order valence-corrected chi connectivity index (χ0v) is 16.3. The van der Waals surface area contributed by atoms with E-state index in [1.165, 1.54) is 31.2 Å². The first kappa shape index (κ1) is 21.4. The molecule has 0 saturated carbocycles. The van der Waals surface area contributed by atoms with Gasteiger partial charge < -0.3 is 14.8 Å². The van der Waals surface area contributed by atoms with E-state index < -0.39 is 34.1 Å². The minimum Gasteiger partial charge on any atom is -0.479 e. The van der Waals surface area contributed by atoms with Crippen LogP contribution in [0.3, 0.4) is 0 Å². The number of esters is 1. The quantitative estimate of drug-likeness (QED) is 0.647. The van der Waals surface area contributed by atoms with E-state index in [1.807, 2.05) is 6.07 Å². The molecule has 1 amide bonds. The molecule has 2 rings (SSSR count). The molecule has 2 aromatic rings. The Kier molecular flexibility index (Phi) is 7.13. The molecule has 0 aromatic heterocycles. The number of sulfonamides is 1. The van der Waals surface area contributed by atoms with Crippen LogP contribution in [0, 0.1) is 0 Å². The topological polar surface area (TPSA) is 125 Å². The number of primary sulfonamides is 1. The van der Waals surface area contributed by atoms with E-state index in [0.717, 1.165) is 0 Å². The van der Waals surface area contributed by atoms with Crippen LogP contribution < -0.4 is 15.2 Å². The Hall–Kier alpha value is -2.91. The van der Waals surface area contributed by atoms with Crippen molar-refractivity contribution in [2.75, 3.05) is 5.32 Å². The lowest BCUT2D eigenvalue weighted by atomic mass is 10.2. The zero-order valence-electron chi connectivity index (χ0n) is 15.5. The summed E-state index contributed by atoms with van der Waals surface area (Å²) in [4.78, 5) is 24.4. The highest BCUT2D eigenvalue weighted by atomic mass is 32.2. The third-order valence-corrected chi connectivity index (χ3v) is 4.70. The van der Waals surface area contributed by atoms with Crippen molar-refractivity contribution >= 4 is 27.6 Å². The first-order valence-corrected chi connectivity index (χ1v) is 10.1. The maximum absolute atomic E-state index is 12.3. The van der Waals surface area contributed by atoms with Gasteiger partial charge in [-0.1, -0.05) is 25.1 Å². The molecule has 0 aliphatic rings. The van der Waals surface area contributed by atoms with E-state index in [-0.39, 0.29) is 4.90 Å². The van der Waals surface area contributed by atoms with Crippen LogP contribution in [-0.2, 0) is 24.3 Å². The molecule has 0 radical (unpaired) electrons. The van der Waals surface area contributed by atoms with Crippen LogP contribution in [0.4, 0.5) is 5.69 Å². The fraction of sp³-hybridized carbons (Fsp3) is 0.263. The van der Waals surface area contributed by atoms with Gasteiger partial charge in [-0.05, 0) is 49.7 Å². The molecule has 28 heavy (non-hydrogen) atoms. The molecule has 0 spiro atoms. The fourth-order valence-electron chi connectivity index (χ4n) is 2.24. The standard InChI is InChI=1S/C19H22N2O6S/c1-3-17(27-15-7-5-4-6-8-15)19(23)26-13(2)18(22)21-14-9-11-16(12-10-14)28(20,24)25/h4-13,17H,3H2,1-2H3,(H,21,22)(H2,20,24,25)/t13-,17-/m1/s1. The Morgan fingerprint density at radius 1 is 1.07 bits per heavy atom. The van der Waals surface area contributed by atoms with Gasteiger partial charge in [-0.3, -0.25) is 4.79 Å². The molecule has 0 bridgehead atoms. The summed E-state index contributed by atoms with van der Waals surface area (Å²) in [7, 11) is -3.81. The molecule has 2 atom stereocenters. The summed E-state index contributed by atoms with van der Waals surface area (Å²) in [5.74, 6) is -0.691. The number of hydrogen-bond acceptors (Lipinski definition) is 6. The van der Waals surface area contributed by atoms with Gasteiger partial charge in [0.2, 0.25) is 10.0 Å². The average Bonchev–Trinajstić information content (AvgIpc) is 2.66. The number of rotatable bonds is 8. The molecular weight excluding hydrogens is 384 g/mol. The molecule has 0 saturated heterocycles. The number of ether oxygens (including phenoxy) is 2. The number of carbonyl (C=O) groups excluding carboxylic acids is 2. The lowest BCUT2D eigenvalue weighted by Crippen LogP contribution is -2.36. The first-order valence-electron chi connectivity index (χ1n) is 8.56. The van der Waals surface area contributed by atoms with Crippen LogP contribution in [0.1, 0.15) is 20.3 Å². The summed E-state index contributed by atoms with van der Waals surface area (Å²) in [5.41, 5.74) is 0.341.